The van der Waals surface area contributed by atoms with Gasteiger partial charge >= 0.3 is 0 Å². The van der Waals surface area contributed by atoms with Crippen molar-refractivity contribution >= 4 is 0 Å². The molecule has 0 radical (unpaired) electrons. The first kappa shape index (κ1) is 20.7. The Morgan fingerprint density at radius 2 is 1.57 bits per heavy atom. The van der Waals surface area contributed by atoms with Gasteiger partial charge in [0, 0.05) is 6.54 Å². The largest absolute Gasteiger partial charge is 0.493 e. The number of fused-ring (bicyclic) bond motifs is 1. The Bertz CT molecular complexity index is 716. The minimum absolute atomic E-state index is 0.796. The molecule has 2 aromatic rings. The molecule has 1 aliphatic carbocycles. The first-order valence-electron chi connectivity index (χ1n) is 10.7. The quantitative estimate of drug-likeness (QED) is 0.561. The molecule has 0 amide bonds. The molecule has 0 bridgehead atoms. The Balaban J connectivity index is 1.37. The van der Waals surface area contributed by atoms with Crippen LogP contribution in [0.2, 0.25) is 0 Å². The number of likely N-dealkylation sites (N-methyl/N-ethyl adjacent to an activating group) is 1. The zero-order chi connectivity index (χ0) is 19.8. The number of nitrogens with zero attached hydrogens (tertiary/aromatic N) is 1. The van der Waals surface area contributed by atoms with Crippen LogP contribution >= 0.6 is 0 Å². The van der Waals surface area contributed by atoms with Crippen molar-refractivity contribution in [1.82, 2.24) is 4.90 Å². The van der Waals surface area contributed by atoms with E-state index in [1.54, 1.807) is 25.3 Å². The van der Waals surface area contributed by atoms with Crippen molar-refractivity contribution in [2.75, 3.05) is 34.4 Å². The summed E-state index contributed by atoms with van der Waals surface area (Å²) in [6.07, 6.45) is 8.92. The molecule has 152 valence electrons. The van der Waals surface area contributed by atoms with Gasteiger partial charge in [0.15, 0.2) is 11.5 Å². The van der Waals surface area contributed by atoms with E-state index in [-0.39, 0.29) is 0 Å². The van der Waals surface area contributed by atoms with Gasteiger partial charge in [0.05, 0.1) is 14.2 Å². The molecule has 0 spiro atoms. The van der Waals surface area contributed by atoms with Gasteiger partial charge < -0.3 is 14.4 Å². The van der Waals surface area contributed by atoms with E-state index < -0.39 is 0 Å². The molecule has 0 unspecified atom stereocenters. The van der Waals surface area contributed by atoms with Crippen LogP contribution in [0.5, 0.6) is 11.5 Å². The normalized spacial score (nSPS) is 14.6. The summed E-state index contributed by atoms with van der Waals surface area (Å²) in [5, 5.41) is 0. The van der Waals surface area contributed by atoms with Crippen LogP contribution < -0.4 is 9.47 Å². The molecule has 3 heteroatoms. The van der Waals surface area contributed by atoms with E-state index in [2.05, 4.69) is 48.3 Å². The van der Waals surface area contributed by atoms with E-state index in [1.165, 1.54) is 50.6 Å². The van der Waals surface area contributed by atoms with E-state index in [4.69, 9.17) is 9.47 Å². The van der Waals surface area contributed by atoms with Crippen molar-refractivity contribution in [3.05, 3.63) is 59.2 Å². The second kappa shape index (κ2) is 10.5. The van der Waals surface area contributed by atoms with Gasteiger partial charge in [0.25, 0.3) is 0 Å². The van der Waals surface area contributed by atoms with Gasteiger partial charge in [0.1, 0.15) is 0 Å². The van der Waals surface area contributed by atoms with Gasteiger partial charge in [-0.05, 0) is 93.3 Å². The topological polar surface area (TPSA) is 21.7 Å². The van der Waals surface area contributed by atoms with Crippen molar-refractivity contribution in [1.29, 1.82) is 0 Å². The maximum atomic E-state index is 5.41. The molecule has 0 saturated carbocycles. The van der Waals surface area contributed by atoms with Crippen LogP contribution in [-0.2, 0) is 19.3 Å². The average molecular weight is 382 g/mol. The lowest BCUT2D eigenvalue weighted by Gasteiger charge is -2.19. The van der Waals surface area contributed by atoms with Crippen LogP contribution in [0.3, 0.4) is 0 Å². The lowest BCUT2D eigenvalue weighted by Crippen LogP contribution is -2.23. The van der Waals surface area contributed by atoms with E-state index in [0.29, 0.717) is 0 Å². The third-order valence-electron chi connectivity index (χ3n) is 6.14. The highest BCUT2D eigenvalue weighted by atomic mass is 16.5. The summed E-state index contributed by atoms with van der Waals surface area (Å²) in [5.74, 6) is 2.49. The van der Waals surface area contributed by atoms with E-state index in [0.717, 1.165) is 30.4 Å². The average Bonchev–Trinajstić information content (AvgIpc) is 2.94. The fraction of sp³-hybridized carbons (Fsp3) is 0.520. The Hall–Kier alpha value is -2.00. The Labute approximate surface area is 170 Å². The Morgan fingerprint density at radius 3 is 2.21 bits per heavy atom. The lowest BCUT2D eigenvalue weighted by molar-refractivity contribution is 0.308. The minimum Gasteiger partial charge on any atom is -0.493 e. The molecular weight excluding hydrogens is 346 g/mol. The molecule has 3 nitrogen and oxygen atoms in total. The molecule has 0 aliphatic heterocycles. The van der Waals surface area contributed by atoms with Crippen molar-refractivity contribution in [2.45, 2.75) is 44.9 Å². The second-order valence-electron chi connectivity index (χ2n) is 8.10. The number of hydrogen-bond acceptors (Lipinski definition) is 3. The third kappa shape index (κ3) is 5.75. The molecule has 0 aromatic heterocycles. The van der Waals surface area contributed by atoms with Crippen LogP contribution in [0.15, 0.2) is 42.5 Å². The van der Waals surface area contributed by atoms with Gasteiger partial charge in [-0.1, -0.05) is 30.3 Å². The monoisotopic (exact) mass is 381 g/mol. The van der Waals surface area contributed by atoms with E-state index in [9.17, 15) is 0 Å². The highest BCUT2D eigenvalue weighted by Crippen LogP contribution is 2.28. The Kier molecular flexibility index (Phi) is 7.79. The maximum Gasteiger partial charge on any atom is 0.160 e. The van der Waals surface area contributed by atoms with Crippen molar-refractivity contribution in [3.8, 4) is 11.5 Å². The third-order valence-corrected chi connectivity index (χ3v) is 6.14. The summed E-state index contributed by atoms with van der Waals surface area (Å²) in [7, 11) is 5.61. The molecule has 28 heavy (non-hydrogen) atoms. The van der Waals surface area contributed by atoms with Gasteiger partial charge in [-0.2, -0.15) is 0 Å². The highest BCUT2D eigenvalue weighted by molar-refractivity contribution is 5.42. The zero-order valence-corrected chi connectivity index (χ0v) is 17.7. The van der Waals surface area contributed by atoms with Gasteiger partial charge in [-0.3, -0.25) is 0 Å². The summed E-state index contributed by atoms with van der Waals surface area (Å²) in [6, 6.07) is 15.2. The molecular formula is C25H35NO2. The number of benzene rings is 2. The van der Waals surface area contributed by atoms with E-state index in [1.807, 2.05) is 6.07 Å². The Morgan fingerprint density at radius 1 is 0.893 bits per heavy atom. The molecule has 0 heterocycles. The van der Waals surface area contributed by atoms with Crippen LogP contribution in [0.4, 0.5) is 0 Å². The van der Waals surface area contributed by atoms with Crippen molar-refractivity contribution < 1.29 is 9.47 Å². The summed E-state index contributed by atoms with van der Waals surface area (Å²) in [5.41, 5.74) is 4.46. The molecule has 0 saturated heterocycles. The molecule has 2 aromatic carbocycles. The first-order chi connectivity index (χ1) is 13.7. The predicted molar refractivity (Wildman–Crippen MR) is 117 cm³/mol. The fourth-order valence-electron chi connectivity index (χ4n) is 4.32. The van der Waals surface area contributed by atoms with Crippen LogP contribution in [0.25, 0.3) is 0 Å². The zero-order valence-electron chi connectivity index (χ0n) is 17.7. The van der Waals surface area contributed by atoms with Gasteiger partial charge in [-0.25, -0.2) is 0 Å². The van der Waals surface area contributed by atoms with Crippen molar-refractivity contribution in [2.24, 2.45) is 5.92 Å². The number of rotatable bonds is 9. The molecule has 1 aliphatic rings. The second-order valence-corrected chi connectivity index (χ2v) is 8.10. The van der Waals surface area contributed by atoms with Crippen LogP contribution in [0.1, 0.15) is 42.4 Å². The van der Waals surface area contributed by atoms with Crippen molar-refractivity contribution in [3.63, 3.8) is 0 Å². The highest BCUT2D eigenvalue weighted by Gasteiger charge is 2.16. The molecule has 0 N–H and O–H groups in total. The molecule has 3 rings (SSSR count). The van der Waals surface area contributed by atoms with Crippen LogP contribution in [0, 0.1) is 5.92 Å². The predicted octanol–water partition coefficient (Wildman–Crippen LogP) is 5.15. The summed E-state index contributed by atoms with van der Waals surface area (Å²) >= 11 is 0. The lowest BCUT2D eigenvalue weighted by atomic mass is 9.94. The maximum absolute atomic E-state index is 5.41. The van der Waals surface area contributed by atoms with Gasteiger partial charge in [-0.15, -0.1) is 0 Å². The smallest absolute Gasteiger partial charge is 0.160 e. The summed E-state index contributed by atoms with van der Waals surface area (Å²) in [4.78, 5) is 2.46. The molecule has 0 fully saturated rings. The summed E-state index contributed by atoms with van der Waals surface area (Å²) < 4.78 is 10.7. The van der Waals surface area contributed by atoms with Gasteiger partial charge in [0.2, 0.25) is 0 Å². The van der Waals surface area contributed by atoms with E-state index >= 15 is 0 Å². The SMILES string of the molecule is COc1ccc(CCN(C)CCCC2CCc3ccccc3CC2)cc1OC. The number of ether oxygens (including phenoxy) is 2. The number of hydrogen-bond donors (Lipinski definition) is 0. The minimum atomic E-state index is 0.796. The fourth-order valence-corrected chi connectivity index (χ4v) is 4.32. The molecule has 0 atom stereocenters. The standard InChI is InChI=1S/C25H35NO2/c1-26(18-16-21-12-15-24(27-2)25(19-21)28-3)17-6-7-20-10-13-22-8-4-5-9-23(22)14-11-20/h4-5,8-9,12,15,19-20H,6-7,10-11,13-14,16-18H2,1-3H3. The summed E-state index contributed by atoms with van der Waals surface area (Å²) in [6.45, 7) is 2.25. The number of methoxy groups -OCH3 is 2. The van der Waals surface area contributed by atoms with Crippen LogP contribution in [-0.4, -0.2) is 39.3 Å². The number of aryl methyl sites for hydroxylation is 2. The first-order valence-corrected chi connectivity index (χ1v) is 10.7.